The number of anilines is 1. The van der Waals surface area contributed by atoms with Gasteiger partial charge in [-0.25, -0.2) is 4.98 Å². The van der Waals surface area contributed by atoms with Gasteiger partial charge in [0.05, 0.1) is 24.1 Å². The first kappa shape index (κ1) is 13.8. The monoisotopic (exact) mass is 265 g/mol. The molecule has 1 aromatic rings. The zero-order valence-corrected chi connectivity index (χ0v) is 11.2. The topological polar surface area (TPSA) is 72.5 Å². The molecule has 2 rings (SSSR count). The van der Waals surface area contributed by atoms with Gasteiger partial charge in [-0.1, -0.05) is 0 Å². The molecule has 6 nitrogen and oxygen atoms in total. The van der Waals surface area contributed by atoms with E-state index in [0.29, 0.717) is 18.2 Å². The second kappa shape index (κ2) is 5.99. The summed E-state index contributed by atoms with van der Waals surface area (Å²) in [6.07, 6.45) is 1.56. The van der Waals surface area contributed by atoms with Crippen molar-refractivity contribution in [2.45, 2.75) is 19.4 Å². The second-order valence-corrected chi connectivity index (χ2v) is 4.71. The van der Waals surface area contributed by atoms with E-state index in [1.807, 2.05) is 13.8 Å². The van der Waals surface area contributed by atoms with Gasteiger partial charge in [-0.2, -0.15) is 0 Å². The summed E-state index contributed by atoms with van der Waals surface area (Å²) < 4.78 is 10.8. The summed E-state index contributed by atoms with van der Waals surface area (Å²) in [6, 6.07) is 3.47. The predicted molar refractivity (Wildman–Crippen MR) is 71.3 cm³/mol. The molecule has 1 aliphatic heterocycles. The number of carbonyl (C=O) groups is 1. The van der Waals surface area contributed by atoms with Crippen molar-refractivity contribution in [3.05, 3.63) is 18.3 Å². The zero-order valence-electron chi connectivity index (χ0n) is 11.2. The first-order valence-electron chi connectivity index (χ1n) is 6.35. The Hall–Kier alpha value is -1.66. The molecule has 0 unspecified atom stereocenters. The van der Waals surface area contributed by atoms with Gasteiger partial charge >= 0.3 is 0 Å². The fraction of sp³-hybridized carbons (Fsp3) is 0.538. The number of ether oxygens (including phenoxy) is 2. The first-order chi connectivity index (χ1) is 9.11. The van der Waals surface area contributed by atoms with Crippen molar-refractivity contribution in [3.63, 3.8) is 0 Å². The zero-order chi connectivity index (χ0) is 13.7. The van der Waals surface area contributed by atoms with Crippen LogP contribution in [0.3, 0.4) is 0 Å². The molecule has 0 bridgehead atoms. The molecule has 2 N–H and O–H groups in total. The van der Waals surface area contributed by atoms with Crippen LogP contribution in [0.15, 0.2) is 18.3 Å². The molecule has 2 heterocycles. The largest absolute Gasteiger partial charge is 0.478 e. The van der Waals surface area contributed by atoms with Crippen LogP contribution in [0.1, 0.15) is 13.8 Å². The number of hydrogen-bond donors (Lipinski definition) is 2. The van der Waals surface area contributed by atoms with Crippen LogP contribution in [-0.2, 0) is 9.53 Å². The summed E-state index contributed by atoms with van der Waals surface area (Å²) in [5, 5.41) is 5.84. The van der Waals surface area contributed by atoms with Gasteiger partial charge in [-0.15, -0.1) is 0 Å². The quantitative estimate of drug-likeness (QED) is 0.796. The first-order valence-corrected chi connectivity index (χ1v) is 6.35. The Balaban J connectivity index is 1.78. The SMILES string of the molecule is CCOc1ccc(NC(=O)COC2(C)CNC2)cn1. The van der Waals surface area contributed by atoms with E-state index in [2.05, 4.69) is 15.6 Å². The third-order valence-electron chi connectivity index (χ3n) is 2.86. The van der Waals surface area contributed by atoms with Crippen LogP contribution in [0.2, 0.25) is 0 Å². The lowest BCUT2D eigenvalue weighted by molar-refractivity contribution is -0.130. The van der Waals surface area contributed by atoms with Crippen molar-refractivity contribution in [3.8, 4) is 5.88 Å². The lowest BCUT2D eigenvalue weighted by Gasteiger charge is -2.38. The summed E-state index contributed by atoms with van der Waals surface area (Å²) in [4.78, 5) is 15.8. The number of amides is 1. The molecule has 0 atom stereocenters. The van der Waals surface area contributed by atoms with Crippen LogP contribution < -0.4 is 15.4 Å². The third kappa shape index (κ3) is 3.90. The maximum absolute atomic E-state index is 11.7. The van der Waals surface area contributed by atoms with Crippen LogP contribution in [0.5, 0.6) is 5.88 Å². The fourth-order valence-corrected chi connectivity index (χ4v) is 1.70. The Kier molecular flexibility index (Phi) is 4.34. The van der Waals surface area contributed by atoms with E-state index >= 15 is 0 Å². The van der Waals surface area contributed by atoms with Gasteiger partial charge < -0.3 is 20.1 Å². The van der Waals surface area contributed by atoms with E-state index < -0.39 is 0 Å². The van der Waals surface area contributed by atoms with Crippen molar-refractivity contribution in [2.24, 2.45) is 0 Å². The number of rotatable bonds is 6. The molecule has 0 aliphatic carbocycles. The Morgan fingerprint density at radius 3 is 2.84 bits per heavy atom. The van der Waals surface area contributed by atoms with Gasteiger partial charge in [0.25, 0.3) is 0 Å². The number of hydrogen-bond acceptors (Lipinski definition) is 5. The molecular formula is C13H19N3O3. The smallest absolute Gasteiger partial charge is 0.250 e. The highest BCUT2D eigenvalue weighted by atomic mass is 16.5. The lowest BCUT2D eigenvalue weighted by Crippen LogP contribution is -2.59. The van der Waals surface area contributed by atoms with Crippen molar-refractivity contribution < 1.29 is 14.3 Å². The van der Waals surface area contributed by atoms with Crippen LogP contribution in [-0.4, -0.2) is 42.8 Å². The highest BCUT2D eigenvalue weighted by Crippen LogP contribution is 2.15. The summed E-state index contributed by atoms with van der Waals surface area (Å²) in [6.45, 7) is 6.06. The average molecular weight is 265 g/mol. The molecule has 0 spiro atoms. The van der Waals surface area contributed by atoms with Gasteiger partial charge in [0, 0.05) is 19.2 Å². The summed E-state index contributed by atoms with van der Waals surface area (Å²) in [5.74, 6) is 0.365. The van der Waals surface area contributed by atoms with Crippen molar-refractivity contribution in [1.29, 1.82) is 0 Å². The van der Waals surface area contributed by atoms with Gasteiger partial charge in [-0.3, -0.25) is 4.79 Å². The van der Waals surface area contributed by atoms with Gasteiger partial charge in [0.1, 0.15) is 6.61 Å². The number of carbonyl (C=O) groups excluding carboxylic acids is 1. The van der Waals surface area contributed by atoms with Crippen LogP contribution >= 0.6 is 0 Å². The normalized spacial score (nSPS) is 16.5. The number of nitrogens with zero attached hydrogens (tertiary/aromatic N) is 1. The second-order valence-electron chi connectivity index (χ2n) is 4.71. The average Bonchev–Trinajstić information content (AvgIpc) is 2.37. The Morgan fingerprint density at radius 1 is 1.53 bits per heavy atom. The minimum atomic E-state index is -0.214. The molecule has 1 fully saturated rings. The molecular weight excluding hydrogens is 246 g/mol. The van der Waals surface area contributed by atoms with Crippen LogP contribution in [0, 0.1) is 0 Å². The van der Waals surface area contributed by atoms with Gasteiger partial charge in [-0.05, 0) is 19.9 Å². The molecule has 1 aromatic heterocycles. The molecule has 1 amide bonds. The van der Waals surface area contributed by atoms with Crippen LogP contribution in [0.25, 0.3) is 0 Å². The minimum Gasteiger partial charge on any atom is -0.478 e. The van der Waals surface area contributed by atoms with E-state index in [4.69, 9.17) is 9.47 Å². The lowest BCUT2D eigenvalue weighted by atomic mass is 10.0. The van der Waals surface area contributed by atoms with Crippen molar-refractivity contribution in [1.82, 2.24) is 10.3 Å². The molecule has 0 radical (unpaired) electrons. The third-order valence-corrected chi connectivity index (χ3v) is 2.86. The van der Waals surface area contributed by atoms with E-state index in [-0.39, 0.29) is 18.1 Å². The molecule has 0 saturated carbocycles. The van der Waals surface area contributed by atoms with Crippen molar-refractivity contribution >= 4 is 11.6 Å². The van der Waals surface area contributed by atoms with E-state index in [1.54, 1.807) is 18.3 Å². The molecule has 0 aromatic carbocycles. The van der Waals surface area contributed by atoms with Crippen LogP contribution in [0.4, 0.5) is 5.69 Å². The number of pyridine rings is 1. The van der Waals surface area contributed by atoms with E-state index in [0.717, 1.165) is 13.1 Å². The highest BCUT2D eigenvalue weighted by Gasteiger charge is 2.32. The minimum absolute atomic E-state index is 0.0470. The highest BCUT2D eigenvalue weighted by molar-refractivity contribution is 5.91. The fourth-order valence-electron chi connectivity index (χ4n) is 1.70. The Bertz CT molecular complexity index is 429. The maximum Gasteiger partial charge on any atom is 0.250 e. The van der Waals surface area contributed by atoms with E-state index in [1.165, 1.54) is 0 Å². The number of nitrogens with one attached hydrogen (secondary N) is 2. The molecule has 6 heteroatoms. The van der Waals surface area contributed by atoms with E-state index in [9.17, 15) is 4.79 Å². The van der Waals surface area contributed by atoms with Crippen molar-refractivity contribution in [2.75, 3.05) is 31.6 Å². The standard InChI is InChI=1S/C13H19N3O3/c1-3-18-12-5-4-10(6-15-12)16-11(17)7-19-13(2)8-14-9-13/h4-6,14H,3,7-9H2,1-2H3,(H,16,17). The Labute approximate surface area is 112 Å². The molecule has 19 heavy (non-hydrogen) atoms. The maximum atomic E-state index is 11.7. The Morgan fingerprint density at radius 2 is 2.32 bits per heavy atom. The number of aromatic nitrogens is 1. The predicted octanol–water partition coefficient (Wildman–Crippen LogP) is 0.797. The molecule has 1 aliphatic rings. The molecule has 1 saturated heterocycles. The summed E-state index contributed by atoms with van der Waals surface area (Å²) in [5.41, 5.74) is 0.419. The summed E-state index contributed by atoms with van der Waals surface area (Å²) in [7, 11) is 0. The van der Waals surface area contributed by atoms with Gasteiger partial charge in [0.2, 0.25) is 11.8 Å². The summed E-state index contributed by atoms with van der Waals surface area (Å²) >= 11 is 0. The van der Waals surface area contributed by atoms with Gasteiger partial charge in [0.15, 0.2) is 0 Å². The molecule has 104 valence electrons.